The van der Waals surface area contributed by atoms with Crippen LogP contribution in [0.25, 0.3) is 0 Å². The van der Waals surface area contributed by atoms with Gasteiger partial charge in [-0.2, -0.15) is 13.2 Å². The van der Waals surface area contributed by atoms with E-state index < -0.39 is 23.9 Å². The van der Waals surface area contributed by atoms with Crippen LogP contribution in [0, 0.1) is 5.82 Å². The summed E-state index contributed by atoms with van der Waals surface area (Å²) in [6, 6.07) is 2.39. The molecule has 1 aliphatic rings. The summed E-state index contributed by atoms with van der Waals surface area (Å²) in [5, 5.41) is 0. The summed E-state index contributed by atoms with van der Waals surface area (Å²) in [6.45, 7) is -0.407. The Morgan fingerprint density at radius 1 is 1.18 bits per heavy atom. The Morgan fingerprint density at radius 3 is 2.41 bits per heavy atom. The van der Waals surface area contributed by atoms with E-state index in [-0.39, 0.29) is 37.1 Å². The summed E-state index contributed by atoms with van der Waals surface area (Å²) in [5.74, 6) is -3.35. The van der Waals surface area contributed by atoms with Gasteiger partial charge in [-0.05, 0) is 36.1 Å². The number of hydrogen-bond donors (Lipinski definition) is 0. The van der Waals surface area contributed by atoms with Gasteiger partial charge in [0.05, 0.1) is 12.7 Å². The molecule has 0 fully saturated rings. The van der Waals surface area contributed by atoms with Crippen LogP contribution in [0.3, 0.4) is 0 Å². The third kappa shape index (κ3) is 3.20. The molecule has 120 valence electrons. The van der Waals surface area contributed by atoms with Crippen molar-refractivity contribution in [3.63, 3.8) is 0 Å². The van der Waals surface area contributed by atoms with Gasteiger partial charge >= 0.3 is 18.1 Å². The van der Waals surface area contributed by atoms with E-state index in [4.69, 9.17) is 0 Å². The van der Waals surface area contributed by atoms with Gasteiger partial charge in [0, 0.05) is 13.1 Å². The molecule has 0 saturated carbocycles. The zero-order chi connectivity index (χ0) is 16.5. The molecule has 0 aromatic heterocycles. The largest absolute Gasteiger partial charge is 0.471 e. The summed E-state index contributed by atoms with van der Waals surface area (Å²) < 4.78 is 55.9. The number of rotatable bonds is 1. The number of halogens is 4. The first kappa shape index (κ1) is 16.3. The molecule has 0 bridgehead atoms. The van der Waals surface area contributed by atoms with Crippen LogP contribution in [0.5, 0.6) is 0 Å². The third-order valence-corrected chi connectivity index (χ3v) is 3.52. The first-order chi connectivity index (χ1) is 10.2. The van der Waals surface area contributed by atoms with Crippen molar-refractivity contribution in [3.8, 4) is 0 Å². The van der Waals surface area contributed by atoms with Gasteiger partial charge in [0.25, 0.3) is 0 Å². The molecule has 1 aromatic carbocycles. The van der Waals surface area contributed by atoms with E-state index in [1.807, 2.05) is 0 Å². The van der Waals surface area contributed by atoms with E-state index in [9.17, 15) is 27.2 Å². The molecular formula is C14H13F4NO3. The van der Waals surface area contributed by atoms with Crippen LogP contribution in [0.4, 0.5) is 17.6 Å². The average Bonchev–Trinajstić information content (AvgIpc) is 2.67. The van der Waals surface area contributed by atoms with Crippen LogP contribution in [-0.2, 0) is 22.4 Å². The predicted molar refractivity (Wildman–Crippen MR) is 67.8 cm³/mol. The number of alkyl halides is 3. The lowest BCUT2D eigenvalue weighted by Gasteiger charge is -2.21. The van der Waals surface area contributed by atoms with E-state index in [0.29, 0.717) is 10.5 Å². The van der Waals surface area contributed by atoms with Crippen molar-refractivity contribution in [3.05, 3.63) is 34.6 Å². The smallest absolute Gasteiger partial charge is 0.465 e. The number of ether oxygens (including phenoxy) is 1. The lowest BCUT2D eigenvalue weighted by molar-refractivity contribution is -0.185. The Kier molecular flexibility index (Phi) is 4.39. The first-order valence-corrected chi connectivity index (χ1v) is 6.49. The second kappa shape index (κ2) is 5.94. The number of benzene rings is 1. The molecule has 0 unspecified atom stereocenters. The van der Waals surface area contributed by atoms with Crippen molar-refractivity contribution in [2.24, 2.45) is 0 Å². The Hall–Kier alpha value is -2.12. The molecular weight excluding hydrogens is 306 g/mol. The van der Waals surface area contributed by atoms with Crippen molar-refractivity contribution in [2.75, 3.05) is 20.2 Å². The van der Waals surface area contributed by atoms with Crippen LogP contribution in [0.15, 0.2) is 12.1 Å². The minimum Gasteiger partial charge on any atom is -0.465 e. The molecule has 22 heavy (non-hydrogen) atoms. The standard InChI is InChI=1S/C14H13F4NO3/c1-22-12(20)9-6-8-2-4-19(13(21)14(16,17)18)5-3-10(8)11(15)7-9/h6-7H,2-5H2,1H3. The third-order valence-electron chi connectivity index (χ3n) is 3.52. The molecule has 1 amide bonds. The SMILES string of the molecule is COC(=O)c1cc(F)c2c(c1)CCN(C(=O)C(F)(F)F)CC2. The van der Waals surface area contributed by atoms with Gasteiger partial charge in [-0.1, -0.05) is 0 Å². The lowest BCUT2D eigenvalue weighted by Crippen LogP contribution is -2.42. The van der Waals surface area contributed by atoms with Gasteiger partial charge in [0.15, 0.2) is 0 Å². The molecule has 0 saturated heterocycles. The molecule has 1 aromatic rings. The van der Waals surface area contributed by atoms with Crippen LogP contribution in [0.2, 0.25) is 0 Å². The molecule has 1 heterocycles. The molecule has 2 rings (SSSR count). The van der Waals surface area contributed by atoms with Gasteiger partial charge < -0.3 is 9.64 Å². The van der Waals surface area contributed by atoms with E-state index in [1.54, 1.807) is 0 Å². The quantitative estimate of drug-likeness (QED) is 0.588. The van der Waals surface area contributed by atoms with Crippen molar-refractivity contribution in [2.45, 2.75) is 19.0 Å². The van der Waals surface area contributed by atoms with Crippen molar-refractivity contribution in [1.29, 1.82) is 0 Å². The van der Waals surface area contributed by atoms with Gasteiger partial charge in [-0.25, -0.2) is 9.18 Å². The van der Waals surface area contributed by atoms with E-state index in [2.05, 4.69) is 4.74 Å². The molecule has 0 radical (unpaired) electrons. The Bertz CT molecular complexity index is 613. The fourth-order valence-corrected chi connectivity index (χ4v) is 2.43. The summed E-state index contributed by atoms with van der Waals surface area (Å²) in [5.41, 5.74) is 0.636. The summed E-state index contributed by atoms with van der Waals surface area (Å²) >= 11 is 0. The second-order valence-electron chi connectivity index (χ2n) is 4.88. The van der Waals surface area contributed by atoms with Crippen LogP contribution >= 0.6 is 0 Å². The Labute approximate surface area is 123 Å². The summed E-state index contributed by atoms with van der Waals surface area (Å²) in [7, 11) is 1.15. The van der Waals surface area contributed by atoms with Gasteiger partial charge in [0.2, 0.25) is 0 Å². The fourth-order valence-electron chi connectivity index (χ4n) is 2.43. The minimum absolute atomic E-state index is 0.00523. The number of esters is 1. The maximum atomic E-state index is 14.0. The molecule has 0 spiro atoms. The monoisotopic (exact) mass is 319 g/mol. The van der Waals surface area contributed by atoms with Gasteiger partial charge in [-0.3, -0.25) is 4.79 Å². The zero-order valence-corrected chi connectivity index (χ0v) is 11.7. The zero-order valence-electron chi connectivity index (χ0n) is 11.7. The van der Waals surface area contributed by atoms with E-state index in [1.165, 1.54) is 6.07 Å². The topological polar surface area (TPSA) is 46.6 Å². The molecule has 0 aliphatic carbocycles. The van der Waals surface area contributed by atoms with E-state index in [0.717, 1.165) is 13.2 Å². The predicted octanol–water partition coefficient (Wildman–Crippen LogP) is 2.10. The second-order valence-corrected chi connectivity index (χ2v) is 4.88. The first-order valence-electron chi connectivity index (χ1n) is 6.49. The molecule has 0 N–H and O–H groups in total. The highest BCUT2D eigenvalue weighted by atomic mass is 19.4. The fraction of sp³-hybridized carbons (Fsp3) is 0.429. The maximum Gasteiger partial charge on any atom is 0.471 e. The number of fused-ring (bicyclic) bond motifs is 1. The number of carbonyl (C=O) groups is 2. The van der Waals surface area contributed by atoms with Crippen molar-refractivity contribution in [1.82, 2.24) is 4.90 Å². The molecule has 4 nitrogen and oxygen atoms in total. The number of hydrogen-bond acceptors (Lipinski definition) is 3. The number of amides is 1. The van der Waals surface area contributed by atoms with Crippen LogP contribution in [-0.4, -0.2) is 43.2 Å². The minimum atomic E-state index is -4.95. The van der Waals surface area contributed by atoms with Crippen molar-refractivity contribution >= 4 is 11.9 Å². The summed E-state index contributed by atoms with van der Waals surface area (Å²) in [6.07, 6.45) is -4.95. The average molecular weight is 319 g/mol. The molecule has 1 aliphatic heterocycles. The van der Waals surface area contributed by atoms with Crippen LogP contribution in [0.1, 0.15) is 21.5 Å². The maximum absolute atomic E-state index is 14.0. The number of nitrogens with zero attached hydrogens (tertiary/aromatic N) is 1. The summed E-state index contributed by atoms with van der Waals surface area (Å²) in [4.78, 5) is 23.4. The van der Waals surface area contributed by atoms with Gasteiger partial charge in [0.1, 0.15) is 5.82 Å². The molecule has 0 atom stereocenters. The lowest BCUT2D eigenvalue weighted by atomic mass is 9.99. The Morgan fingerprint density at radius 2 is 1.82 bits per heavy atom. The highest BCUT2D eigenvalue weighted by molar-refractivity contribution is 5.89. The van der Waals surface area contributed by atoms with Gasteiger partial charge in [-0.15, -0.1) is 0 Å². The van der Waals surface area contributed by atoms with E-state index >= 15 is 0 Å². The normalized spacial score (nSPS) is 15.0. The number of methoxy groups -OCH3 is 1. The highest BCUT2D eigenvalue weighted by Crippen LogP contribution is 2.25. The van der Waals surface area contributed by atoms with Crippen molar-refractivity contribution < 1.29 is 31.9 Å². The van der Waals surface area contributed by atoms with Crippen LogP contribution < -0.4 is 0 Å². The molecule has 8 heteroatoms. The highest BCUT2D eigenvalue weighted by Gasteiger charge is 2.42. The number of carbonyl (C=O) groups excluding carboxylic acids is 2. The Balaban J connectivity index is 2.27.